The maximum absolute atomic E-state index is 4.56. The molecule has 0 aliphatic carbocycles. The fourth-order valence-electron chi connectivity index (χ4n) is 2.74. The summed E-state index contributed by atoms with van der Waals surface area (Å²) in [5, 5.41) is 3.14. The van der Waals surface area contributed by atoms with E-state index in [0.29, 0.717) is 6.04 Å². The predicted molar refractivity (Wildman–Crippen MR) is 79.0 cm³/mol. The average molecular weight is 262 g/mol. The summed E-state index contributed by atoms with van der Waals surface area (Å²) in [6, 6.07) is 4.98. The molecule has 106 valence electrons. The first-order valence-corrected chi connectivity index (χ1v) is 7.16. The van der Waals surface area contributed by atoms with Gasteiger partial charge in [0.25, 0.3) is 0 Å². The Morgan fingerprint density at radius 1 is 1.47 bits per heavy atom. The third-order valence-electron chi connectivity index (χ3n) is 3.90. The molecule has 0 spiro atoms. The summed E-state index contributed by atoms with van der Waals surface area (Å²) in [5.74, 6) is 0. The van der Waals surface area contributed by atoms with Crippen molar-refractivity contribution in [2.45, 2.75) is 32.0 Å². The van der Waals surface area contributed by atoms with Crippen molar-refractivity contribution in [2.75, 3.05) is 34.2 Å². The lowest BCUT2D eigenvalue weighted by molar-refractivity contribution is 0.128. The lowest BCUT2D eigenvalue weighted by atomic mass is 10.0. The molecule has 1 saturated heterocycles. The Labute approximate surface area is 116 Å². The molecule has 1 aliphatic heterocycles. The lowest BCUT2D eigenvalue weighted by Gasteiger charge is -2.35. The second-order valence-electron chi connectivity index (χ2n) is 5.66. The maximum atomic E-state index is 4.56. The first-order chi connectivity index (χ1) is 9.19. The summed E-state index contributed by atoms with van der Waals surface area (Å²) >= 11 is 0. The number of likely N-dealkylation sites (tertiary alicyclic amines) is 1. The molecule has 0 saturated carbocycles. The molecule has 1 aromatic rings. The third kappa shape index (κ3) is 4.27. The largest absolute Gasteiger partial charge is 0.316 e. The summed E-state index contributed by atoms with van der Waals surface area (Å²) < 4.78 is 0. The number of hydrogen-bond acceptors (Lipinski definition) is 4. The third-order valence-corrected chi connectivity index (χ3v) is 3.90. The van der Waals surface area contributed by atoms with Crippen molar-refractivity contribution in [1.82, 2.24) is 20.1 Å². The fourth-order valence-corrected chi connectivity index (χ4v) is 2.74. The number of hydrogen-bond donors (Lipinski definition) is 1. The Bertz CT molecular complexity index is 376. The minimum Gasteiger partial charge on any atom is -0.316 e. The SMILES string of the molecule is CNCc1ccc(CN(C)C2CCCN(C)C2)nc1. The van der Waals surface area contributed by atoms with E-state index in [9.17, 15) is 0 Å². The average Bonchev–Trinajstić information content (AvgIpc) is 2.41. The van der Waals surface area contributed by atoms with Gasteiger partial charge in [-0.15, -0.1) is 0 Å². The normalized spacial score (nSPS) is 20.9. The Morgan fingerprint density at radius 2 is 2.32 bits per heavy atom. The second-order valence-corrected chi connectivity index (χ2v) is 5.66. The van der Waals surface area contributed by atoms with E-state index in [-0.39, 0.29) is 0 Å². The number of nitrogens with zero attached hydrogens (tertiary/aromatic N) is 3. The standard InChI is InChI=1S/C15H26N4/c1-16-9-13-6-7-14(17-10-13)11-19(3)15-5-4-8-18(2)12-15/h6-7,10,15-16H,4-5,8-9,11-12H2,1-3H3. The quantitative estimate of drug-likeness (QED) is 0.867. The van der Waals surface area contributed by atoms with Gasteiger partial charge in [-0.3, -0.25) is 9.88 Å². The van der Waals surface area contributed by atoms with Crippen molar-refractivity contribution in [3.05, 3.63) is 29.6 Å². The van der Waals surface area contributed by atoms with Crippen molar-refractivity contribution >= 4 is 0 Å². The molecule has 2 rings (SSSR count). The van der Waals surface area contributed by atoms with Gasteiger partial charge < -0.3 is 10.2 Å². The summed E-state index contributed by atoms with van der Waals surface area (Å²) in [4.78, 5) is 9.42. The molecule has 1 fully saturated rings. The number of nitrogens with one attached hydrogen (secondary N) is 1. The van der Waals surface area contributed by atoms with Crippen molar-refractivity contribution in [3.8, 4) is 0 Å². The highest BCUT2D eigenvalue weighted by atomic mass is 15.2. The Kier molecular flexibility index (Phi) is 5.31. The second kappa shape index (κ2) is 6.98. The molecule has 1 unspecified atom stereocenters. The molecule has 0 radical (unpaired) electrons. The van der Waals surface area contributed by atoms with Crippen LogP contribution in [0.3, 0.4) is 0 Å². The number of pyridine rings is 1. The molecule has 4 heteroatoms. The Morgan fingerprint density at radius 3 is 2.95 bits per heavy atom. The molecule has 0 aromatic carbocycles. The van der Waals surface area contributed by atoms with Gasteiger partial charge in [0.15, 0.2) is 0 Å². The maximum Gasteiger partial charge on any atom is 0.0544 e. The lowest BCUT2D eigenvalue weighted by Crippen LogP contribution is -2.44. The van der Waals surface area contributed by atoms with E-state index in [1.807, 2.05) is 13.2 Å². The molecule has 1 atom stereocenters. The van der Waals surface area contributed by atoms with Crippen LogP contribution < -0.4 is 5.32 Å². The zero-order valence-corrected chi connectivity index (χ0v) is 12.4. The van der Waals surface area contributed by atoms with Gasteiger partial charge in [0.2, 0.25) is 0 Å². The van der Waals surface area contributed by atoms with Gasteiger partial charge in [0, 0.05) is 31.9 Å². The van der Waals surface area contributed by atoms with E-state index in [1.54, 1.807) is 0 Å². The highest BCUT2D eigenvalue weighted by Gasteiger charge is 2.21. The van der Waals surface area contributed by atoms with Crippen molar-refractivity contribution < 1.29 is 0 Å². The van der Waals surface area contributed by atoms with Gasteiger partial charge in [0.1, 0.15) is 0 Å². The van der Waals surface area contributed by atoms with E-state index in [1.165, 1.54) is 31.5 Å². The number of rotatable bonds is 5. The van der Waals surface area contributed by atoms with Crippen molar-refractivity contribution in [2.24, 2.45) is 0 Å². The molecular weight excluding hydrogens is 236 g/mol. The van der Waals surface area contributed by atoms with Gasteiger partial charge in [-0.2, -0.15) is 0 Å². The van der Waals surface area contributed by atoms with Crippen LogP contribution >= 0.6 is 0 Å². The Hall–Kier alpha value is -0.970. The van der Waals surface area contributed by atoms with E-state index < -0.39 is 0 Å². The molecule has 0 amide bonds. The highest BCUT2D eigenvalue weighted by molar-refractivity contribution is 5.14. The minimum atomic E-state index is 0.664. The minimum absolute atomic E-state index is 0.664. The van der Waals surface area contributed by atoms with Crippen LogP contribution in [-0.2, 0) is 13.1 Å². The molecule has 19 heavy (non-hydrogen) atoms. The zero-order chi connectivity index (χ0) is 13.7. The monoisotopic (exact) mass is 262 g/mol. The van der Waals surface area contributed by atoms with Gasteiger partial charge in [-0.25, -0.2) is 0 Å². The van der Waals surface area contributed by atoms with Crippen LogP contribution in [0.2, 0.25) is 0 Å². The zero-order valence-electron chi connectivity index (χ0n) is 12.4. The van der Waals surface area contributed by atoms with Gasteiger partial charge >= 0.3 is 0 Å². The molecule has 4 nitrogen and oxygen atoms in total. The summed E-state index contributed by atoms with van der Waals surface area (Å²) in [6.07, 6.45) is 4.59. The van der Waals surface area contributed by atoms with Crippen molar-refractivity contribution in [3.63, 3.8) is 0 Å². The first kappa shape index (κ1) is 14.4. The van der Waals surface area contributed by atoms with E-state index >= 15 is 0 Å². The highest BCUT2D eigenvalue weighted by Crippen LogP contribution is 2.15. The van der Waals surface area contributed by atoms with Gasteiger partial charge in [-0.05, 0) is 52.2 Å². The first-order valence-electron chi connectivity index (χ1n) is 7.16. The predicted octanol–water partition coefficient (Wildman–Crippen LogP) is 1.33. The number of aromatic nitrogens is 1. The van der Waals surface area contributed by atoms with E-state index in [4.69, 9.17) is 0 Å². The van der Waals surface area contributed by atoms with Gasteiger partial charge in [0.05, 0.1) is 5.69 Å². The fraction of sp³-hybridized carbons (Fsp3) is 0.667. The molecule has 1 aliphatic rings. The molecule has 1 N–H and O–H groups in total. The molecular formula is C15H26N4. The summed E-state index contributed by atoms with van der Waals surface area (Å²) in [6.45, 7) is 4.24. The molecule has 2 heterocycles. The van der Waals surface area contributed by atoms with Crippen molar-refractivity contribution in [1.29, 1.82) is 0 Å². The van der Waals surface area contributed by atoms with Crippen LogP contribution in [-0.4, -0.2) is 55.1 Å². The van der Waals surface area contributed by atoms with Crippen LogP contribution in [0.15, 0.2) is 18.3 Å². The van der Waals surface area contributed by atoms with Crippen LogP contribution in [0.1, 0.15) is 24.1 Å². The number of likely N-dealkylation sites (N-methyl/N-ethyl adjacent to an activating group) is 2. The van der Waals surface area contributed by atoms with Crippen LogP contribution in [0, 0.1) is 0 Å². The number of piperidine rings is 1. The topological polar surface area (TPSA) is 31.4 Å². The molecule has 1 aromatic heterocycles. The summed E-state index contributed by atoms with van der Waals surface area (Å²) in [5.41, 5.74) is 2.40. The van der Waals surface area contributed by atoms with Crippen LogP contribution in [0.25, 0.3) is 0 Å². The van der Waals surface area contributed by atoms with E-state index in [2.05, 4.69) is 46.3 Å². The Balaban J connectivity index is 1.88. The summed E-state index contributed by atoms with van der Waals surface area (Å²) in [7, 11) is 6.39. The van der Waals surface area contributed by atoms with Crippen LogP contribution in [0.4, 0.5) is 0 Å². The smallest absolute Gasteiger partial charge is 0.0544 e. The van der Waals surface area contributed by atoms with Gasteiger partial charge in [-0.1, -0.05) is 6.07 Å². The molecule has 0 bridgehead atoms. The van der Waals surface area contributed by atoms with Crippen LogP contribution in [0.5, 0.6) is 0 Å². The van der Waals surface area contributed by atoms with E-state index in [0.717, 1.165) is 18.8 Å².